The molecule has 0 aromatic heterocycles. The molecule has 4 aromatic rings. The zero-order valence-corrected chi connectivity index (χ0v) is 25.4. The number of anilines is 2. The van der Waals surface area contributed by atoms with E-state index in [9.17, 15) is 15.3 Å². The van der Waals surface area contributed by atoms with Crippen LogP contribution >= 0.6 is 12.4 Å². The number of benzene rings is 4. The van der Waals surface area contributed by atoms with E-state index < -0.39 is 0 Å². The molecule has 0 amide bonds. The van der Waals surface area contributed by atoms with Gasteiger partial charge in [0.15, 0.2) is 0 Å². The van der Waals surface area contributed by atoms with Gasteiger partial charge in [0.25, 0.3) is 12.0 Å². The first-order valence-electron chi connectivity index (χ1n) is 14.3. The van der Waals surface area contributed by atoms with Gasteiger partial charge in [-0.05, 0) is 54.6 Å². The van der Waals surface area contributed by atoms with E-state index in [2.05, 4.69) is 46.2 Å². The molecule has 7 N–H and O–H groups in total. The van der Waals surface area contributed by atoms with Gasteiger partial charge in [0.2, 0.25) is 5.90 Å². The molecule has 0 bridgehead atoms. The summed E-state index contributed by atoms with van der Waals surface area (Å²) in [6, 6.07) is 27.7. The molecule has 4 aromatic carbocycles. The van der Waals surface area contributed by atoms with E-state index in [1.165, 1.54) is 0 Å². The lowest BCUT2D eigenvalue weighted by molar-refractivity contribution is 0.550. The molecule has 234 valence electrons. The van der Waals surface area contributed by atoms with Crippen molar-refractivity contribution in [3.8, 4) is 0 Å². The van der Waals surface area contributed by atoms with Crippen LogP contribution in [0.1, 0.15) is 16.7 Å². The van der Waals surface area contributed by atoms with Crippen LogP contribution in [0.2, 0.25) is 0 Å². The largest absolute Gasteiger partial charge is 0.493 e. The lowest BCUT2D eigenvalue weighted by Crippen LogP contribution is -2.19. The van der Waals surface area contributed by atoms with Crippen molar-refractivity contribution in [1.29, 1.82) is 0 Å². The summed E-state index contributed by atoms with van der Waals surface area (Å²) in [4.78, 5) is 21.7. The number of nitrogens with zero attached hydrogens (tertiary/aromatic N) is 5. The third-order valence-corrected chi connectivity index (χ3v) is 6.75. The van der Waals surface area contributed by atoms with Gasteiger partial charge in [-0.25, -0.2) is 4.99 Å². The number of hydrogen-bond donors (Lipinski definition) is 7. The second-order valence-electron chi connectivity index (χ2n) is 10.1. The summed E-state index contributed by atoms with van der Waals surface area (Å²) < 4.78 is 0. The second-order valence-corrected chi connectivity index (χ2v) is 10.1. The highest BCUT2D eigenvalue weighted by Gasteiger charge is 2.12. The first-order chi connectivity index (χ1) is 22.0. The summed E-state index contributed by atoms with van der Waals surface area (Å²) >= 11 is 0. The van der Waals surface area contributed by atoms with E-state index in [-0.39, 0.29) is 30.3 Å². The molecular formula is C33H32ClN9O3. The lowest BCUT2D eigenvalue weighted by atomic mass is 10.1. The maximum absolute atomic E-state index is 10.9. The van der Waals surface area contributed by atoms with E-state index in [0.29, 0.717) is 47.1 Å². The minimum atomic E-state index is -0.380. The number of aliphatic imine (C=N–C) groups is 5. The van der Waals surface area contributed by atoms with E-state index in [1.54, 1.807) is 42.5 Å². The van der Waals surface area contributed by atoms with Gasteiger partial charge in [0.1, 0.15) is 11.7 Å². The molecule has 13 heteroatoms. The van der Waals surface area contributed by atoms with Crippen LogP contribution in [0.25, 0.3) is 0 Å². The summed E-state index contributed by atoms with van der Waals surface area (Å²) in [6.45, 7) is 2.98. The number of nitrogens with one attached hydrogen (secondary N) is 4. The van der Waals surface area contributed by atoms with Gasteiger partial charge >= 0.3 is 0 Å². The van der Waals surface area contributed by atoms with Crippen LogP contribution in [0.3, 0.4) is 0 Å². The fraction of sp³-hybridized carbons (Fsp3) is 0.121. The molecule has 0 saturated carbocycles. The smallest absolute Gasteiger partial charge is 0.291 e. The third-order valence-electron chi connectivity index (χ3n) is 6.75. The number of aliphatic hydroxyl groups is 3. The normalized spacial score (nSPS) is 14.8. The Hall–Kier alpha value is -5.88. The molecule has 0 spiro atoms. The summed E-state index contributed by atoms with van der Waals surface area (Å²) in [5.74, 6) is 1.30. The Morgan fingerprint density at radius 2 is 1.09 bits per heavy atom. The molecule has 0 saturated heterocycles. The Morgan fingerprint density at radius 1 is 0.587 bits per heavy atom. The van der Waals surface area contributed by atoms with Crippen molar-refractivity contribution in [3.63, 3.8) is 0 Å². The minimum Gasteiger partial charge on any atom is -0.493 e. The summed E-state index contributed by atoms with van der Waals surface area (Å²) in [5, 5.41) is 44.6. The fourth-order valence-corrected chi connectivity index (χ4v) is 4.78. The Bertz CT molecular complexity index is 1750. The number of para-hydroxylation sites is 1. The molecule has 12 nitrogen and oxygen atoms in total. The topological polar surface area (TPSA) is 171 Å². The Morgan fingerprint density at radius 3 is 1.57 bits per heavy atom. The second kappa shape index (κ2) is 14.7. The predicted molar refractivity (Wildman–Crippen MR) is 187 cm³/mol. The zero-order valence-electron chi connectivity index (χ0n) is 24.6. The van der Waals surface area contributed by atoms with E-state index in [1.807, 2.05) is 54.6 Å². The summed E-state index contributed by atoms with van der Waals surface area (Å²) in [7, 11) is 0. The van der Waals surface area contributed by atoms with Crippen LogP contribution in [0.15, 0.2) is 122 Å². The highest BCUT2D eigenvalue weighted by atomic mass is 35.5. The standard InChI is InChI=1S/C33H31N9O3.ClH/c43-31(38-24-8-2-1-3-9-24)23-18-27(41-32(44)39-25-10-4-6-21(16-25)29-34-12-13-35-29)20-28(19-23)42-33(45)40-26-11-5-7-22(17-26)30-36-14-15-37-30;/h1-11,16-20H,12-15H2,(H,34,35)(H,36,37)(H,38,43)(H2,39,41,44)(H2,40,42,45);1H. The van der Waals surface area contributed by atoms with Crippen LogP contribution in [-0.2, 0) is 0 Å². The van der Waals surface area contributed by atoms with Gasteiger partial charge in [0.05, 0.1) is 30.2 Å². The van der Waals surface area contributed by atoms with Crippen LogP contribution in [-0.4, -0.2) is 71.1 Å². The zero-order chi connectivity index (χ0) is 31.0. The van der Waals surface area contributed by atoms with Crippen molar-refractivity contribution < 1.29 is 15.3 Å². The van der Waals surface area contributed by atoms with Crippen molar-refractivity contribution in [2.45, 2.75) is 0 Å². The monoisotopic (exact) mass is 637 g/mol. The van der Waals surface area contributed by atoms with E-state index in [4.69, 9.17) is 0 Å². The number of amidine groups is 4. The summed E-state index contributed by atoms with van der Waals surface area (Å²) in [5.41, 5.74) is 4.36. The molecule has 0 atom stereocenters. The van der Waals surface area contributed by atoms with E-state index in [0.717, 1.165) is 35.9 Å². The number of aliphatic hydroxyl groups excluding tert-OH is 3. The van der Waals surface area contributed by atoms with Crippen LogP contribution in [0, 0.1) is 0 Å². The molecule has 0 fully saturated rings. The minimum absolute atomic E-state index is 0. The molecule has 2 aliphatic rings. The average Bonchev–Trinajstić information content (AvgIpc) is 3.77. The van der Waals surface area contributed by atoms with E-state index >= 15 is 0 Å². The lowest BCUT2D eigenvalue weighted by Gasteiger charge is -2.12. The SMILES string of the molecule is Cl.OC(=Nc1cccc(C2=NCCN2)c1)Nc1cc(NC(O)=Nc2cccc(C3=NCCN3)c2)cc(C(O)=Nc2ccccc2)c1. The van der Waals surface area contributed by atoms with Crippen LogP contribution in [0.4, 0.5) is 28.4 Å². The highest BCUT2D eigenvalue weighted by Crippen LogP contribution is 2.23. The maximum Gasteiger partial charge on any atom is 0.291 e. The third kappa shape index (κ3) is 8.18. The maximum atomic E-state index is 10.9. The molecule has 0 radical (unpaired) electrons. The van der Waals surface area contributed by atoms with Gasteiger partial charge in [-0.3, -0.25) is 9.98 Å². The van der Waals surface area contributed by atoms with Gasteiger partial charge in [-0.15, -0.1) is 12.4 Å². The Kier molecular flexibility index (Phi) is 10.1. The van der Waals surface area contributed by atoms with Crippen molar-refractivity contribution in [2.24, 2.45) is 25.0 Å². The number of rotatable bonds is 8. The van der Waals surface area contributed by atoms with Gasteiger partial charge in [-0.1, -0.05) is 42.5 Å². The molecule has 46 heavy (non-hydrogen) atoms. The quantitative estimate of drug-likeness (QED) is 0.0951. The number of halogens is 1. The average molecular weight is 638 g/mol. The molecule has 0 aliphatic carbocycles. The first-order valence-corrected chi connectivity index (χ1v) is 14.3. The van der Waals surface area contributed by atoms with Crippen molar-refractivity contribution >= 4 is 70.5 Å². The molecule has 6 rings (SSSR count). The molecule has 2 aliphatic heterocycles. The van der Waals surface area contributed by atoms with Crippen LogP contribution in [0.5, 0.6) is 0 Å². The van der Waals surface area contributed by atoms with Crippen molar-refractivity contribution in [2.75, 3.05) is 36.8 Å². The predicted octanol–water partition coefficient (Wildman–Crippen LogP) is 5.76. The van der Waals surface area contributed by atoms with Gasteiger partial charge < -0.3 is 36.6 Å². The Balaban J connectivity index is 0.00000417. The first kappa shape index (κ1) is 31.5. The highest BCUT2D eigenvalue weighted by molar-refractivity contribution is 6.02. The van der Waals surface area contributed by atoms with Gasteiger partial charge in [-0.2, -0.15) is 9.98 Å². The van der Waals surface area contributed by atoms with Crippen molar-refractivity contribution in [1.82, 2.24) is 10.6 Å². The van der Waals surface area contributed by atoms with Gasteiger partial charge in [0, 0.05) is 41.2 Å². The molecule has 2 heterocycles. The van der Waals surface area contributed by atoms with Crippen molar-refractivity contribution in [3.05, 3.63) is 114 Å². The Labute approximate surface area is 271 Å². The summed E-state index contributed by atoms with van der Waals surface area (Å²) in [6.07, 6.45) is 0. The molecule has 0 unspecified atom stereocenters. The molecular weight excluding hydrogens is 606 g/mol. The van der Waals surface area contributed by atoms with Crippen LogP contribution < -0.4 is 21.3 Å². The number of hydrogen-bond acceptors (Lipinski definition) is 7. The fourth-order valence-electron chi connectivity index (χ4n) is 4.78.